The molecular formula is C25H29F2N3O3. The van der Waals surface area contributed by atoms with Crippen LogP contribution in [0.2, 0.25) is 0 Å². The van der Waals surface area contributed by atoms with E-state index >= 15 is 8.78 Å². The average molecular weight is 458 g/mol. The number of H-pyrrole nitrogens is 1. The van der Waals surface area contributed by atoms with Crippen LogP contribution in [0.15, 0.2) is 36.5 Å². The van der Waals surface area contributed by atoms with Crippen LogP contribution in [-0.2, 0) is 9.47 Å². The number of fused-ring (bicyclic) bond motifs is 2. The first kappa shape index (κ1) is 23.0. The van der Waals surface area contributed by atoms with E-state index in [0.29, 0.717) is 23.3 Å². The SMILES string of the molecule is C[C@H]1c2c(cc(F)c(-c3cccc4cc[nH]c34)c2F)NC(C)(C)[C@@H]1OC(=O)OCCN(C)C. The molecule has 1 aliphatic rings. The lowest BCUT2D eigenvalue weighted by Crippen LogP contribution is -2.52. The third-order valence-corrected chi connectivity index (χ3v) is 6.17. The van der Waals surface area contributed by atoms with Crippen LogP contribution in [0.1, 0.15) is 32.3 Å². The van der Waals surface area contributed by atoms with Crippen molar-refractivity contribution in [3.05, 3.63) is 53.7 Å². The number of halogens is 2. The summed E-state index contributed by atoms with van der Waals surface area (Å²) in [6.45, 7) is 6.17. The van der Waals surface area contributed by atoms with Crippen molar-refractivity contribution >= 4 is 22.7 Å². The Bertz CT molecular complexity index is 1190. The molecule has 33 heavy (non-hydrogen) atoms. The number of nitrogens with zero attached hydrogens (tertiary/aromatic N) is 1. The lowest BCUT2D eigenvalue weighted by atomic mass is 9.77. The number of carbonyl (C=O) groups excluding carboxylic acids is 1. The molecule has 2 N–H and O–H groups in total. The van der Waals surface area contributed by atoms with Gasteiger partial charge in [-0.15, -0.1) is 0 Å². The number of benzene rings is 2. The normalized spacial score (nSPS) is 19.3. The van der Waals surface area contributed by atoms with Crippen molar-refractivity contribution in [2.24, 2.45) is 0 Å². The highest BCUT2D eigenvalue weighted by atomic mass is 19.1. The van der Waals surface area contributed by atoms with Gasteiger partial charge in [0.1, 0.15) is 24.3 Å². The summed E-state index contributed by atoms with van der Waals surface area (Å²) in [4.78, 5) is 17.3. The van der Waals surface area contributed by atoms with Crippen molar-refractivity contribution in [2.45, 2.75) is 38.3 Å². The molecule has 2 heterocycles. The lowest BCUT2D eigenvalue weighted by Gasteiger charge is -2.44. The number of nitrogens with one attached hydrogen (secondary N) is 2. The average Bonchev–Trinajstić information content (AvgIpc) is 3.19. The number of para-hydroxylation sites is 1. The van der Waals surface area contributed by atoms with Crippen LogP contribution < -0.4 is 5.32 Å². The van der Waals surface area contributed by atoms with Gasteiger partial charge in [0.15, 0.2) is 0 Å². The number of ether oxygens (including phenoxy) is 2. The zero-order valence-electron chi connectivity index (χ0n) is 19.5. The van der Waals surface area contributed by atoms with E-state index in [1.807, 2.05) is 45.0 Å². The van der Waals surface area contributed by atoms with E-state index in [2.05, 4.69) is 10.3 Å². The molecule has 0 fully saturated rings. The van der Waals surface area contributed by atoms with E-state index in [1.165, 1.54) is 6.07 Å². The third-order valence-electron chi connectivity index (χ3n) is 6.17. The van der Waals surface area contributed by atoms with Gasteiger partial charge in [0.2, 0.25) is 0 Å². The highest BCUT2D eigenvalue weighted by molar-refractivity contribution is 5.95. The number of likely N-dealkylation sites (N-methyl/N-ethyl adjacent to an activating group) is 1. The van der Waals surface area contributed by atoms with Gasteiger partial charge in [-0.05, 0) is 45.5 Å². The molecule has 0 spiro atoms. The Labute approximate surface area is 191 Å². The topological polar surface area (TPSA) is 66.6 Å². The zero-order chi connectivity index (χ0) is 23.9. The maximum absolute atomic E-state index is 16.0. The summed E-state index contributed by atoms with van der Waals surface area (Å²) >= 11 is 0. The van der Waals surface area contributed by atoms with Crippen LogP contribution in [0.5, 0.6) is 0 Å². The first-order chi connectivity index (χ1) is 15.6. The molecule has 176 valence electrons. The first-order valence-electron chi connectivity index (χ1n) is 10.9. The Balaban J connectivity index is 1.71. The molecule has 0 bridgehead atoms. The molecule has 0 unspecified atom stereocenters. The van der Waals surface area contributed by atoms with E-state index in [-0.39, 0.29) is 17.7 Å². The van der Waals surface area contributed by atoms with Gasteiger partial charge >= 0.3 is 6.16 Å². The van der Waals surface area contributed by atoms with Gasteiger partial charge in [-0.25, -0.2) is 13.6 Å². The van der Waals surface area contributed by atoms with Gasteiger partial charge in [0.25, 0.3) is 0 Å². The molecule has 0 radical (unpaired) electrons. The molecule has 8 heteroatoms. The van der Waals surface area contributed by atoms with Crippen molar-refractivity contribution in [1.29, 1.82) is 0 Å². The summed E-state index contributed by atoms with van der Waals surface area (Å²) in [5, 5.41) is 4.02. The van der Waals surface area contributed by atoms with Gasteiger partial charge in [0.05, 0.1) is 16.6 Å². The highest BCUT2D eigenvalue weighted by Gasteiger charge is 2.45. The summed E-state index contributed by atoms with van der Waals surface area (Å²) in [6, 6.07) is 8.50. The molecular weight excluding hydrogens is 428 g/mol. The Morgan fingerprint density at radius 2 is 1.97 bits per heavy atom. The monoisotopic (exact) mass is 457 g/mol. The predicted octanol–water partition coefficient (Wildman–Crippen LogP) is 5.50. The molecule has 6 nitrogen and oxygen atoms in total. The number of aromatic amines is 1. The van der Waals surface area contributed by atoms with E-state index in [4.69, 9.17) is 9.47 Å². The van der Waals surface area contributed by atoms with Crippen LogP contribution in [0.4, 0.5) is 19.3 Å². The lowest BCUT2D eigenvalue weighted by molar-refractivity contribution is -0.00871. The third kappa shape index (κ3) is 4.27. The minimum atomic E-state index is -0.814. The molecule has 2 atom stereocenters. The van der Waals surface area contributed by atoms with Crippen LogP contribution in [-0.4, -0.2) is 54.9 Å². The summed E-state index contributed by atoms with van der Waals surface area (Å²) in [5.74, 6) is -1.87. The highest BCUT2D eigenvalue weighted by Crippen LogP contribution is 2.46. The fourth-order valence-corrected chi connectivity index (χ4v) is 4.62. The van der Waals surface area contributed by atoms with E-state index in [9.17, 15) is 4.79 Å². The second kappa shape index (κ2) is 8.67. The second-order valence-electron chi connectivity index (χ2n) is 9.33. The Hall–Kier alpha value is -3.13. The molecule has 4 rings (SSSR count). The largest absolute Gasteiger partial charge is 0.508 e. The summed E-state index contributed by atoms with van der Waals surface area (Å²) in [7, 11) is 3.74. The number of anilines is 1. The first-order valence-corrected chi connectivity index (χ1v) is 10.9. The van der Waals surface area contributed by atoms with Crippen LogP contribution in [0, 0.1) is 11.6 Å². The molecule has 0 saturated heterocycles. The fourth-order valence-electron chi connectivity index (χ4n) is 4.62. The standard InChI is InChI=1S/C25H29F2N3O3/c1-14-19-18(29-25(2,3)23(14)33-24(31)32-12-11-30(4)5)13-17(26)20(21(19)27)16-8-6-7-15-9-10-28-22(15)16/h6-10,13-14,23,28-29H,11-12H2,1-5H3/t14-,23+/m0/s1. The van der Waals surface area contributed by atoms with Crippen molar-refractivity contribution < 1.29 is 23.0 Å². The van der Waals surface area contributed by atoms with E-state index in [0.717, 1.165) is 5.39 Å². The summed E-state index contributed by atoms with van der Waals surface area (Å²) in [5.41, 5.74) is 0.845. The van der Waals surface area contributed by atoms with Crippen molar-refractivity contribution in [3.8, 4) is 11.1 Å². The Morgan fingerprint density at radius 3 is 2.70 bits per heavy atom. The molecule has 3 aromatic rings. The predicted molar refractivity (Wildman–Crippen MR) is 125 cm³/mol. The minimum Gasteiger partial charge on any atom is -0.433 e. The number of carbonyl (C=O) groups is 1. The quantitative estimate of drug-likeness (QED) is 0.495. The van der Waals surface area contributed by atoms with E-state index < -0.39 is 35.4 Å². The van der Waals surface area contributed by atoms with Gasteiger partial charge in [-0.2, -0.15) is 0 Å². The number of rotatable bonds is 5. The maximum atomic E-state index is 16.0. The van der Waals surface area contributed by atoms with Crippen molar-refractivity contribution in [1.82, 2.24) is 9.88 Å². The Kier molecular flexibility index (Phi) is 6.05. The smallest absolute Gasteiger partial charge is 0.433 e. The van der Waals surface area contributed by atoms with Crippen molar-refractivity contribution in [2.75, 3.05) is 32.6 Å². The zero-order valence-corrected chi connectivity index (χ0v) is 19.5. The maximum Gasteiger partial charge on any atom is 0.508 e. The van der Waals surface area contributed by atoms with Crippen LogP contribution >= 0.6 is 0 Å². The number of hydrogen-bond donors (Lipinski definition) is 2. The molecule has 0 amide bonds. The summed E-state index contributed by atoms with van der Waals surface area (Å²) in [6.07, 6.45) is 0.192. The molecule has 2 aromatic carbocycles. The van der Waals surface area contributed by atoms with Crippen molar-refractivity contribution in [3.63, 3.8) is 0 Å². The van der Waals surface area contributed by atoms with Crippen LogP contribution in [0.3, 0.4) is 0 Å². The van der Waals surface area contributed by atoms with Gasteiger partial charge < -0.3 is 24.7 Å². The second-order valence-corrected chi connectivity index (χ2v) is 9.33. The minimum absolute atomic E-state index is 0.109. The molecule has 0 aliphatic carbocycles. The van der Waals surface area contributed by atoms with Gasteiger partial charge in [0, 0.05) is 35.5 Å². The van der Waals surface area contributed by atoms with Gasteiger partial charge in [-0.1, -0.05) is 25.1 Å². The number of aromatic nitrogens is 1. The number of hydrogen-bond acceptors (Lipinski definition) is 5. The van der Waals surface area contributed by atoms with E-state index in [1.54, 1.807) is 25.3 Å². The Morgan fingerprint density at radius 1 is 1.21 bits per heavy atom. The fraction of sp³-hybridized carbons (Fsp3) is 0.400. The molecule has 1 aromatic heterocycles. The van der Waals surface area contributed by atoms with Crippen LogP contribution in [0.25, 0.3) is 22.0 Å². The molecule has 0 saturated carbocycles. The van der Waals surface area contributed by atoms with Gasteiger partial charge in [-0.3, -0.25) is 0 Å². The molecule has 1 aliphatic heterocycles. The summed E-state index contributed by atoms with van der Waals surface area (Å²) < 4.78 is 42.0.